The maximum atomic E-state index is 5.41. The molecule has 0 radical (unpaired) electrons. The summed E-state index contributed by atoms with van der Waals surface area (Å²) in [6, 6.07) is 1.23. The van der Waals surface area contributed by atoms with Gasteiger partial charge in [0.05, 0.1) is 6.61 Å². The molecule has 0 spiro atoms. The van der Waals surface area contributed by atoms with Gasteiger partial charge in [-0.05, 0) is 25.7 Å². The summed E-state index contributed by atoms with van der Waals surface area (Å²) in [6.07, 6.45) is 4.81. The molecule has 3 nitrogen and oxygen atoms in total. The van der Waals surface area contributed by atoms with Crippen LogP contribution in [0.1, 0.15) is 53.4 Å². The second kappa shape index (κ2) is 7.46. The van der Waals surface area contributed by atoms with Gasteiger partial charge >= 0.3 is 0 Å². The van der Waals surface area contributed by atoms with E-state index in [0.29, 0.717) is 17.6 Å². The van der Waals surface area contributed by atoms with E-state index < -0.39 is 0 Å². The first-order chi connectivity index (χ1) is 8.66. The topological polar surface area (TPSA) is 24.5 Å². The molecular weight excluding hydrogens is 224 g/mol. The largest absolute Gasteiger partial charge is 0.383 e. The first kappa shape index (κ1) is 15.9. The molecule has 3 heteroatoms. The molecule has 0 aromatic heterocycles. The molecule has 0 bridgehead atoms. The standard InChI is InChI=1S/C15H32N2O/c1-6-13-10-16-15(8-3,9-4)12-17(13)14(7-2)11-18-5/h13-14,16H,6-12H2,1-5H3. The van der Waals surface area contributed by atoms with E-state index >= 15 is 0 Å². The first-order valence-electron chi connectivity index (χ1n) is 7.66. The van der Waals surface area contributed by atoms with Gasteiger partial charge in [0.25, 0.3) is 0 Å². The molecular formula is C15H32N2O. The SMILES string of the molecule is CCC1CNC(CC)(CC)CN1C(CC)COC. The minimum Gasteiger partial charge on any atom is -0.383 e. The lowest BCUT2D eigenvalue weighted by molar-refractivity contribution is 0.00227. The van der Waals surface area contributed by atoms with Crippen molar-refractivity contribution < 1.29 is 4.74 Å². The first-order valence-corrected chi connectivity index (χ1v) is 7.66. The van der Waals surface area contributed by atoms with E-state index in [4.69, 9.17) is 4.74 Å². The van der Waals surface area contributed by atoms with Crippen molar-refractivity contribution in [1.82, 2.24) is 10.2 Å². The molecule has 0 aliphatic carbocycles. The third kappa shape index (κ3) is 3.46. The van der Waals surface area contributed by atoms with E-state index in [1.807, 2.05) is 7.11 Å². The number of piperazine rings is 1. The molecule has 1 aliphatic heterocycles. The smallest absolute Gasteiger partial charge is 0.0618 e. The minimum atomic E-state index is 0.312. The Balaban J connectivity index is 2.80. The van der Waals surface area contributed by atoms with Crippen LogP contribution < -0.4 is 5.32 Å². The Morgan fingerprint density at radius 3 is 2.39 bits per heavy atom. The monoisotopic (exact) mass is 256 g/mol. The molecule has 1 heterocycles. The molecule has 1 fully saturated rings. The Labute approximate surface area is 113 Å². The number of hydrogen-bond donors (Lipinski definition) is 1. The Kier molecular flexibility index (Phi) is 6.61. The van der Waals surface area contributed by atoms with Crippen LogP contribution in [0.2, 0.25) is 0 Å². The molecule has 0 aromatic carbocycles. The third-order valence-corrected chi connectivity index (χ3v) is 4.79. The van der Waals surface area contributed by atoms with Gasteiger partial charge in [0, 0.05) is 37.8 Å². The molecule has 0 aromatic rings. The van der Waals surface area contributed by atoms with Crippen molar-refractivity contribution in [2.75, 3.05) is 26.8 Å². The molecule has 2 atom stereocenters. The van der Waals surface area contributed by atoms with Gasteiger partial charge in [-0.2, -0.15) is 0 Å². The fraction of sp³-hybridized carbons (Fsp3) is 1.00. The Morgan fingerprint density at radius 2 is 1.94 bits per heavy atom. The molecule has 0 saturated carbocycles. The van der Waals surface area contributed by atoms with Crippen molar-refractivity contribution in [3.63, 3.8) is 0 Å². The van der Waals surface area contributed by atoms with E-state index in [1.54, 1.807) is 0 Å². The quantitative estimate of drug-likeness (QED) is 0.758. The summed E-state index contributed by atoms with van der Waals surface area (Å²) >= 11 is 0. The Morgan fingerprint density at radius 1 is 1.28 bits per heavy atom. The molecule has 2 unspecified atom stereocenters. The highest BCUT2D eigenvalue weighted by molar-refractivity contribution is 4.98. The van der Waals surface area contributed by atoms with Crippen LogP contribution in [0.3, 0.4) is 0 Å². The van der Waals surface area contributed by atoms with Crippen molar-refractivity contribution in [2.45, 2.75) is 71.0 Å². The maximum Gasteiger partial charge on any atom is 0.0618 e. The molecule has 18 heavy (non-hydrogen) atoms. The van der Waals surface area contributed by atoms with Gasteiger partial charge in [0.1, 0.15) is 0 Å². The molecule has 1 saturated heterocycles. The van der Waals surface area contributed by atoms with Crippen LogP contribution in [-0.2, 0) is 4.74 Å². The Bertz CT molecular complexity index is 229. The van der Waals surface area contributed by atoms with Crippen LogP contribution >= 0.6 is 0 Å². The van der Waals surface area contributed by atoms with Gasteiger partial charge in [-0.3, -0.25) is 4.90 Å². The van der Waals surface area contributed by atoms with Crippen LogP contribution in [-0.4, -0.2) is 49.3 Å². The number of hydrogen-bond acceptors (Lipinski definition) is 3. The predicted molar refractivity (Wildman–Crippen MR) is 78.1 cm³/mol. The van der Waals surface area contributed by atoms with Crippen LogP contribution in [0.15, 0.2) is 0 Å². The summed E-state index contributed by atoms with van der Waals surface area (Å²) in [5.74, 6) is 0. The molecule has 0 amide bonds. The lowest BCUT2D eigenvalue weighted by Crippen LogP contribution is -2.66. The van der Waals surface area contributed by atoms with Crippen molar-refractivity contribution >= 4 is 0 Å². The van der Waals surface area contributed by atoms with Crippen LogP contribution in [0.5, 0.6) is 0 Å². The fourth-order valence-corrected chi connectivity index (χ4v) is 3.16. The summed E-state index contributed by atoms with van der Waals surface area (Å²) < 4.78 is 5.41. The summed E-state index contributed by atoms with van der Waals surface area (Å²) in [7, 11) is 1.82. The van der Waals surface area contributed by atoms with E-state index in [-0.39, 0.29) is 0 Å². The van der Waals surface area contributed by atoms with Gasteiger partial charge in [0.15, 0.2) is 0 Å². The fourth-order valence-electron chi connectivity index (χ4n) is 3.16. The summed E-state index contributed by atoms with van der Waals surface area (Å²) in [5.41, 5.74) is 0.312. The summed E-state index contributed by atoms with van der Waals surface area (Å²) in [4.78, 5) is 2.70. The van der Waals surface area contributed by atoms with Gasteiger partial charge in [-0.15, -0.1) is 0 Å². The van der Waals surface area contributed by atoms with Crippen LogP contribution in [0, 0.1) is 0 Å². The summed E-state index contributed by atoms with van der Waals surface area (Å²) in [6.45, 7) is 12.3. The average Bonchev–Trinajstić information content (AvgIpc) is 2.44. The van der Waals surface area contributed by atoms with Crippen molar-refractivity contribution in [1.29, 1.82) is 0 Å². The predicted octanol–water partition coefficient (Wildman–Crippen LogP) is 2.65. The van der Waals surface area contributed by atoms with Crippen molar-refractivity contribution in [3.8, 4) is 0 Å². The number of ether oxygens (including phenoxy) is 1. The van der Waals surface area contributed by atoms with Gasteiger partial charge in [0.2, 0.25) is 0 Å². The van der Waals surface area contributed by atoms with E-state index in [0.717, 1.165) is 13.2 Å². The third-order valence-electron chi connectivity index (χ3n) is 4.79. The normalized spacial score (nSPS) is 26.2. The van der Waals surface area contributed by atoms with E-state index in [1.165, 1.54) is 32.2 Å². The minimum absolute atomic E-state index is 0.312. The molecule has 1 aliphatic rings. The van der Waals surface area contributed by atoms with Crippen molar-refractivity contribution in [3.05, 3.63) is 0 Å². The average molecular weight is 256 g/mol. The van der Waals surface area contributed by atoms with Gasteiger partial charge in [-0.1, -0.05) is 27.7 Å². The van der Waals surface area contributed by atoms with Gasteiger partial charge < -0.3 is 10.1 Å². The second-order valence-electron chi connectivity index (χ2n) is 5.62. The lowest BCUT2D eigenvalue weighted by atomic mass is 9.87. The highest BCUT2D eigenvalue weighted by Crippen LogP contribution is 2.26. The van der Waals surface area contributed by atoms with Crippen LogP contribution in [0.4, 0.5) is 0 Å². The number of nitrogens with zero attached hydrogens (tertiary/aromatic N) is 1. The molecule has 108 valence electrons. The van der Waals surface area contributed by atoms with Gasteiger partial charge in [-0.25, -0.2) is 0 Å². The van der Waals surface area contributed by atoms with E-state index in [2.05, 4.69) is 37.9 Å². The molecule has 1 rings (SSSR count). The highest BCUT2D eigenvalue weighted by atomic mass is 16.5. The number of rotatable bonds is 7. The summed E-state index contributed by atoms with van der Waals surface area (Å²) in [5, 5.41) is 3.80. The lowest BCUT2D eigenvalue weighted by Gasteiger charge is -2.50. The maximum absolute atomic E-state index is 5.41. The zero-order valence-corrected chi connectivity index (χ0v) is 13.0. The zero-order chi connectivity index (χ0) is 13.6. The molecule has 1 N–H and O–H groups in total. The van der Waals surface area contributed by atoms with Crippen molar-refractivity contribution in [2.24, 2.45) is 0 Å². The second-order valence-corrected chi connectivity index (χ2v) is 5.62. The Hall–Kier alpha value is -0.120. The highest BCUT2D eigenvalue weighted by Gasteiger charge is 2.38. The number of methoxy groups -OCH3 is 1. The zero-order valence-electron chi connectivity index (χ0n) is 13.0. The van der Waals surface area contributed by atoms with E-state index in [9.17, 15) is 0 Å². The number of nitrogens with one attached hydrogen (secondary N) is 1. The van der Waals surface area contributed by atoms with Crippen LogP contribution in [0.25, 0.3) is 0 Å².